The standard InChI is InChI=1S/C17H19NO2S/c1-12(2)13-7-3-5-9-15(13)18-16-11-21(19,20)17-10-6-4-8-14(16)17/h3-10,12,16,18H,11H2,1-2H3. The molecule has 0 aromatic heterocycles. The Morgan fingerprint density at radius 3 is 2.48 bits per heavy atom. The van der Waals surface area contributed by atoms with Crippen molar-refractivity contribution in [2.24, 2.45) is 0 Å². The molecule has 0 saturated heterocycles. The van der Waals surface area contributed by atoms with Gasteiger partial charge in [-0.2, -0.15) is 0 Å². The maximum atomic E-state index is 12.2. The summed E-state index contributed by atoms with van der Waals surface area (Å²) >= 11 is 0. The zero-order chi connectivity index (χ0) is 15.0. The van der Waals surface area contributed by atoms with Gasteiger partial charge in [0.1, 0.15) is 0 Å². The van der Waals surface area contributed by atoms with Crippen LogP contribution in [0.2, 0.25) is 0 Å². The molecule has 3 rings (SSSR count). The molecule has 0 radical (unpaired) electrons. The van der Waals surface area contributed by atoms with Gasteiger partial charge >= 0.3 is 0 Å². The van der Waals surface area contributed by atoms with Crippen LogP contribution in [-0.4, -0.2) is 14.2 Å². The Bertz CT molecular complexity index is 766. The molecule has 0 saturated carbocycles. The van der Waals surface area contributed by atoms with Crippen molar-refractivity contribution in [1.82, 2.24) is 0 Å². The number of fused-ring (bicyclic) bond motifs is 1. The maximum absolute atomic E-state index is 12.2. The minimum atomic E-state index is -3.17. The number of anilines is 1. The van der Waals surface area contributed by atoms with Crippen molar-refractivity contribution in [2.75, 3.05) is 11.1 Å². The molecule has 3 nitrogen and oxygen atoms in total. The Labute approximate surface area is 125 Å². The summed E-state index contributed by atoms with van der Waals surface area (Å²) in [6.45, 7) is 4.28. The fourth-order valence-electron chi connectivity index (χ4n) is 2.89. The van der Waals surface area contributed by atoms with E-state index in [0.717, 1.165) is 11.3 Å². The Morgan fingerprint density at radius 2 is 1.71 bits per heavy atom. The lowest BCUT2D eigenvalue weighted by Crippen LogP contribution is -2.14. The second kappa shape index (κ2) is 5.19. The van der Waals surface area contributed by atoms with Gasteiger partial charge in [0.05, 0.1) is 16.7 Å². The van der Waals surface area contributed by atoms with Gasteiger partial charge in [0.25, 0.3) is 0 Å². The van der Waals surface area contributed by atoms with E-state index in [4.69, 9.17) is 0 Å². The molecule has 0 bridgehead atoms. The second-order valence-electron chi connectivity index (χ2n) is 5.76. The minimum Gasteiger partial charge on any atom is -0.377 e. The first-order valence-corrected chi connectivity index (χ1v) is 8.81. The average Bonchev–Trinajstić information content (AvgIpc) is 2.71. The molecule has 1 aliphatic rings. The summed E-state index contributed by atoms with van der Waals surface area (Å²) < 4.78 is 24.5. The van der Waals surface area contributed by atoms with Gasteiger partial charge in [-0.1, -0.05) is 50.2 Å². The van der Waals surface area contributed by atoms with Crippen LogP contribution in [0.5, 0.6) is 0 Å². The number of rotatable bonds is 3. The summed E-state index contributed by atoms with van der Waals surface area (Å²) in [4.78, 5) is 0.463. The third-order valence-corrected chi connectivity index (χ3v) is 5.74. The fraction of sp³-hybridized carbons (Fsp3) is 0.294. The van der Waals surface area contributed by atoms with Gasteiger partial charge in [-0.25, -0.2) is 8.42 Å². The summed E-state index contributed by atoms with van der Waals surface area (Å²) in [6.07, 6.45) is 0. The molecule has 1 N–H and O–H groups in total. The molecule has 1 atom stereocenters. The Kier molecular flexibility index (Phi) is 3.49. The van der Waals surface area contributed by atoms with Crippen LogP contribution in [0.25, 0.3) is 0 Å². The number of hydrogen-bond donors (Lipinski definition) is 1. The van der Waals surface area contributed by atoms with E-state index >= 15 is 0 Å². The summed E-state index contributed by atoms with van der Waals surface area (Å²) in [6, 6.07) is 15.2. The number of benzene rings is 2. The van der Waals surface area contributed by atoms with Crippen LogP contribution in [0.1, 0.15) is 36.9 Å². The topological polar surface area (TPSA) is 46.2 Å². The largest absolute Gasteiger partial charge is 0.377 e. The van der Waals surface area contributed by atoms with E-state index in [1.807, 2.05) is 30.3 Å². The van der Waals surface area contributed by atoms with Crippen LogP contribution in [0.15, 0.2) is 53.4 Å². The molecular formula is C17H19NO2S. The third-order valence-electron chi connectivity index (χ3n) is 3.93. The number of nitrogens with one attached hydrogen (secondary N) is 1. The molecule has 2 aromatic carbocycles. The molecule has 0 aliphatic carbocycles. The normalized spacial score (nSPS) is 19.5. The molecule has 0 amide bonds. The minimum absolute atomic E-state index is 0.124. The highest BCUT2D eigenvalue weighted by molar-refractivity contribution is 7.91. The average molecular weight is 301 g/mol. The summed E-state index contributed by atoms with van der Waals surface area (Å²) in [5.74, 6) is 0.514. The van der Waals surface area contributed by atoms with Gasteiger partial charge in [-0.05, 0) is 29.2 Å². The fourth-order valence-corrected chi connectivity index (χ4v) is 4.63. The molecule has 1 heterocycles. The monoisotopic (exact) mass is 301 g/mol. The quantitative estimate of drug-likeness (QED) is 0.939. The van der Waals surface area contributed by atoms with Gasteiger partial charge < -0.3 is 5.32 Å². The Balaban J connectivity index is 1.98. The van der Waals surface area contributed by atoms with Crippen LogP contribution in [0.4, 0.5) is 5.69 Å². The zero-order valence-electron chi connectivity index (χ0n) is 12.2. The first kappa shape index (κ1) is 14.1. The van der Waals surface area contributed by atoms with Gasteiger partial charge in [0.15, 0.2) is 9.84 Å². The van der Waals surface area contributed by atoms with E-state index < -0.39 is 9.84 Å². The molecule has 4 heteroatoms. The van der Waals surface area contributed by atoms with Crippen molar-refractivity contribution in [1.29, 1.82) is 0 Å². The van der Waals surface area contributed by atoms with Crippen LogP contribution in [-0.2, 0) is 9.84 Å². The van der Waals surface area contributed by atoms with Gasteiger partial charge in [-0.15, -0.1) is 0 Å². The Morgan fingerprint density at radius 1 is 1.05 bits per heavy atom. The molecule has 1 aliphatic heterocycles. The summed E-state index contributed by atoms with van der Waals surface area (Å²) in [7, 11) is -3.17. The lowest BCUT2D eigenvalue weighted by Gasteiger charge is -2.19. The zero-order valence-corrected chi connectivity index (χ0v) is 13.0. The van der Waals surface area contributed by atoms with Crippen LogP contribution >= 0.6 is 0 Å². The first-order valence-electron chi connectivity index (χ1n) is 7.16. The van der Waals surface area contributed by atoms with Crippen molar-refractivity contribution in [3.63, 3.8) is 0 Å². The van der Waals surface area contributed by atoms with E-state index in [1.165, 1.54) is 5.56 Å². The molecule has 0 spiro atoms. The molecule has 2 aromatic rings. The molecule has 0 fully saturated rings. The van der Waals surface area contributed by atoms with E-state index in [-0.39, 0.29) is 11.8 Å². The van der Waals surface area contributed by atoms with Crippen molar-refractivity contribution in [3.8, 4) is 0 Å². The molecule has 21 heavy (non-hydrogen) atoms. The van der Waals surface area contributed by atoms with Crippen molar-refractivity contribution < 1.29 is 8.42 Å². The van der Waals surface area contributed by atoms with Gasteiger partial charge in [0.2, 0.25) is 0 Å². The number of para-hydroxylation sites is 1. The van der Waals surface area contributed by atoms with Crippen molar-refractivity contribution in [2.45, 2.75) is 30.7 Å². The predicted molar refractivity (Wildman–Crippen MR) is 85.4 cm³/mol. The Hall–Kier alpha value is -1.81. The van der Waals surface area contributed by atoms with E-state index in [1.54, 1.807) is 12.1 Å². The lowest BCUT2D eigenvalue weighted by atomic mass is 10.00. The van der Waals surface area contributed by atoms with Crippen LogP contribution in [0.3, 0.4) is 0 Å². The maximum Gasteiger partial charge on any atom is 0.181 e. The number of sulfone groups is 1. The SMILES string of the molecule is CC(C)c1ccccc1NC1CS(=O)(=O)c2ccccc21. The molecule has 110 valence electrons. The third kappa shape index (κ3) is 2.56. The van der Waals surface area contributed by atoms with Crippen LogP contribution in [0, 0.1) is 0 Å². The highest BCUT2D eigenvalue weighted by Gasteiger charge is 2.34. The van der Waals surface area contributed by atoms with Gasteiger partial charge in [-0.3, -0.25) is 0 Å². The number of hydrogen-bond acceptors (Lipinski definition) is 3. The predicted octanol–water partition coefficient (Wildman–Crippen LogP) is 3.75. The summed E-state index contributed by atoms with van der Waals surface area (Å²) in [5.41, 5.74) is 3.10. The van der Waals surface area contributed by atoms with Crippen molar-refractivity contribution >= 4 is 15.5 Å². The van der Waals surface area contributed by atoms with E-state index in [0.29, 0.717) is 10.8 Å². The molecule has 1 unspecified atom stereocenters. The highest BCUT2D eigenvalue weighted by atomic mass is 32.2. The van der Waals surface area contributed by atoms with E-state index in [9.17, 15) is 8.42 Å². The summed E-state index contributed by atoms with van der Waals surface area (Å²) in [5, 5.41) is 3.42. The molecular weight excluding hydrogens is 282 g/mol. The lowest BCUT2D eigenvalue weighted by molar-refractivity contribution is 0.598. The van der Waals surface area contributed by atoms with E-state index in [2.05, 4.69) is 25.2 Å². The first-order chi connectivity index (χ1) is 9.99. The van der Waals surface area contributed by atoms with Crippen LogP contribution < -0.4 is 5.32 Å². The highest BCUT2D eigenvalue weighted by Crippen LogP contribution is 2.36. The van der Waals surface area contributed by atoms with Gasteiger partial charge in [0, 0.05) is 5.69 Å². The van der Waals surface area contributed by atoms with Crippen molar-refractivity contribution in [3.05, 3.63) is 59.7 Å². The second-order valence-corrected chi connectivity index (χ2v) is 7.76. The smallest absolute Gasteiger partial charge is 0.181 e.